The Bertz CT molecular complexity index is 1910. The summed E-state index contributed by atoms with van der Waals surface area (Å²) in [5.41, 5.74) is 1.41. The molecule has 0 saturated carbocycles. The molecule has 8 nitrogen and oxygen atoms in total. The highest BCUT2D eigenvalue weighted by Crippen LogP contribution is 2.33. The van der Waals surface area contributed by atoms with Gasteiger partial charge in [-0.3, -0.25) is 14.4 Å². The molecule has 0 radical (unpaired) electrons. The molecule has 1 aromatic carbocycles. The Morgan fingerprint density at radius 2 is 1.81 bits per heavy atom. The van der Waals surface area contributed by atoms with Gasteiger partial charge in [-0.1, -0.05) is 62.4 Å². The van der Waals surface area contributed by atoms with Crippen LogP contribution in [0.2, 0.25) is 4.34 Å². The Labute approximate surface area is 261 Å². The number of carbonyl (C=O) groups excluding carboxylic acids is 2. The SMILES string of the molecule is CC(C)(C)C(=O)n1nc(-c2cn(CC(=O)c3ccnnc3)c(=O)cc2C#Cc2ccccc2)cc1SCc1ccc(Cl)s1. The van der Waals surface area contributed by atoms with Crippen molar-refractivity contribution < 1.29 is 9.59 Å². The fourth-order valence-corrected chi connectivity index (χ4v) is 6.13. The van der Waals surface area contributed by atoms with Crippen molar-refractivity contribution in [1.29, 1.82) is 0 Å². The number of carbonyl (C=O) groups is 2. The number of hydrogen-bond acceptors (Lipinski definition) is 8. The fraction of sp³-hybridized carbons (Fsp3) is 0.188. The van der Waals surface area contributed by atoms with E-state index in [0.29, 0.717) is 37.5 Å². The number of benzene rings is 1. The number of pyridine rings is 1. The average Bonchev–Trinajstić information content (AvgIpc) is 3.61. The van der Waals surface area contributed by atoms with Crippen LogP contribution >= 0.6 is 34.7 Å². The Morgan fingerprint density at radius 3 is 2.49 bits per heavy atom. The first kappa shape index (κ1) is 30.2. The number of thiophene rings is 1. The van der Waals surface area contributed by atoms with Crippen molar-refractivity contribution in [1.82, 2.24) is 24.5 Å². The van der Waals surface area contributed by atoms with Gasteiger partial charge in [0.2, 0.25) is 0 Å². The summed E-state index contributed by atoms with van der Waals surface area (Å²) in [5, 5.41) is 12.8. The molecular formula is C32H26ClN5O3S2. The zero-order valence-electron chi connectivity index (χ0n) is 23.6. The number of nitrogens with zero attached hydrogens (tertiary/aromatic N) is 5. The summed E-state index contributed by atoms with van der Waals surface area (Å²) in [5.74, 6) is 6.32. The Kier molecular flexibility index (Phi) is 9.06. The Morgan fingerprint density at radius 1 is 1.02 bits per heavy atom. The third-order valence-corrected chi connectivity index (χ3v) is 8.69. The van der Waals surface area contributed by atoms with Crippen LogP contribution < -0.4 is 5.56 Å². The van der Waals surface area contributed by atoms with E-state index in [1.54, 1.807) is 12.3 Å². The maximum Gasteiger partial charge on any atom is 0.253 e. The van der Waals surface area contributed by atoms with Crippen molar-refractivity contribution >= 4 is 46.4 Å². The van der Waals surface area contributed by atoms with E-state index in [2.05, 4.69) is 22.0 Å². The molecule has 4 aromatic heterocycles. The highest BCUT2D eigenvalue weighted by Gasteiger charge is 2.28. The molecule has 5 rings (SSSR count). The topological polar surface area (TPSA) is 99.7 Å². The quantitative estimate of drug-likeness (QED) is 0.116. The van der Waals surface area contributed by atoms with E-state index in [9.17, 15) is 14.4 Å². The molecule has 0 aliphatic carbocycles. The summed E-state index contributed by atoms with van der Waals surface area (Å²) in [6, 6.07) is 18.0. The van der Waals surface area contributed by atoms with Gasteiger partial charge in [-0.25, -0.2) is 0 Å². The lowest BCUT2D eigenvalue weighted by molar-refractivity contribution is 0.0736. The molecule has 5 aromatic rings. The predicted octanol–water partition coefficient (Wildman–Crippen LogP) is 6.48. The van der Waals surface area contributed by atoms with Gasteiger partial charge in [-0.05, 0) is 36.4 Å². The van der Waals surface area contributed by atoms with Gasteiger partial charge in [0.1, 0.15) is 5.03 Å². The smallest absolute Gasteiger partial charge is 0.253 e. The first-order chi connectivity index (χ1) is 20.6. The van der Waals surface area contributed by atoms with Crippen LogP contribution in [0.4, 0.5) is 0 Å². The number of ketones is 1. The van der Waals surface area contributed by atoms with E-state index in [4.69, 9.17) is 16.7 Å². The summed E-state index contributed by atoms with van der Waals surface area (Å²) >= 11 is 9.07. The molecule has 0 amide bonds. The summed E-state index contributed by atoms with van der Waals surface area (Å²) < 4.78 is 3.42. The zero-order chi connectivity index (χ0) is 30.6. The van der Waals surface area contributed by atoms with Crippen LogP contribution in [0.15, 0.2) is 89.1 Å². The number of aromatic nitrogens is 5. The molecule has 0 aliphatic rings. The van der Waals surface area contributed by atoms with Gasteiger partial charge in [0.25, 0.3) is 11.5 Å². The van der Waals surface area contributed by atoms with E-state index in [1.165, 1.54) is 50.8 Å². The van der Waals surface area contributed by atoms with Crippen LogP contribution in [0.1, 0.15) is 51.9 Å². The summed E-state index contributed by atoms with van der Waals surface area (Å²) in [7, 11) is 0. The largest absolute Gasteiger partial charge is 0.307 e. The van der Waals surface area contributed by atoms with E-state index in [1.807, 2.05) is 69.3 Å². The lowest BCUT2D eigenvalue weighted by Crippen LogP contribution is -2.28. The molecule has 0 bridgehead atoms. The van der Waals surface area contributed by atoms with Crippen molar-refractivity contribution in [2.45, 2.75) is 38.1 Å². The maximum absolute atomic E-state index is 13.5. The van der Waals surface area contributed by atoms with Crippen molar-refractivity contribution in [2.24, 2.45) is 5.41 Å². The van der Waals surface area contributed by atoms with E-state index in [0.717, 1.165) is 10.4 Å². The minimum atomic E-state index is -0.704. The lowest BCUT2D eigenvalue weighted by Gasteiger charge is -2.17. The lowest BCUT2D eigenvalue weighted by atomic mass is 9.96. The number of hydrogen-bond donors (Lipinski definition) is 0. The summed E-state index contributed by atoms with van der Waals surface area (Å²) in [4.78, 5) is 40.7. The van der Waals surface area contributed by atoms with Gasteiger partial charge >= 0.3 is 0 Å². The minimum absolute atomic E-state index is 0.184. The molecule has 0 spiro atoms. The van der Waals surface area contributed by atoms with Crippen LogP contribution in [0.5, 0.6) is 0 Å². The number of halogens is 1. The maximum atomic E-state index is 13.5. The Hall–Kier alpha value is -4.30. The van der Waals surface area contributed by atoms with Gasteiger partial charge in [-0.15, -0.1) is 23.1 Å². The Balaban J connectivity index is 1.61. The summed E-state index contributed by atoms with van der Waals surface area (Å²) in [6.07, 6.45) is 4.36. The second-order valence-electron chi connectivity index (χ2n) is 10.6. The standard InChI is InChI=1S/C32H26ClN5O3S2/c1-32(2,3)31(41)38-30(42-20-24-11-12-28(33)43-24)16-26(36-38)25-18-37(19-27(39)23-13-14-34-35-17-23)29(40)15-22(25)10-9-21-7-5-4-6-8-21/h4-8,11-18H,19-20H2,1-3H3. The second-order valence-corrected chi connectivity index (χ2v) is 13.4. The molecule has 0 atom stereocenters. The molecule has 4 heterocycles. The normalized spacial score (nSPS) is 11.2. The predicted molar refractivity (Wildman–Crippen MR) is 170 cm³/mol. The van der Waals surface area contributed by atoms with Crippen molar-refractivity contribution in [3.63, 3.8) is 0 Å². The second kappa shape index (κ2) is 12.9. The van der Waals surface area contributed by atoms with E-state index >= 15 is 0 Å². The third-order valence-electron chi connectivity index (χ3n) is 6.24. The molecule has 0 saturated heterocycles. The minimum Gasteiger partial charge on any atom is -0.307 e. The molecule has 0 fully saturated rings. The molecule has 43 heavy (non-hydrogen) atoms. The highest BCUT2D eigenvalue weighted by molar-refractivity contribution is 7.98. The first-order valence-electron chi connectivity index (χ1n) is 13.2. The monoisotopic (exact) mass is 627 g/mol. The molecule has 0 aliphatic heterocycles. The van der Waals surface area contributed by atoms with Crippen LogP contribution in [0.3, 0.4) is 0 Å². The van der Waals surface area contributed by atoms with Gasteiger partial charge in [0.05, 0.1) is 29.0 Å². The van der Waals surface area contributed by atoms with Crippen molar-refractivity contribution in [3.8, 4) is 23.1 Å². The molecule has 0 N–H and O–H groups in total. The molecule has 0 unspecified atom stereocenters. The van der Waals surface area contributed by atoms with Gasteiger partial charge < -0.3 is 4.57 Å². The van der Waals surface area contributed by atoms with Crippen LogP contribution in [-0.2, 0) is 12.3 Å². The van der Waals surface area contributed by atoms with Crippen molar-refractivity contribution in [2.75, 3.05) is 0 Å². The molecular weight excluding hydrogens is 602 g/mol. The average molecular weight is 628 g/mol. The van der Waals surface area contributed by atoms with Crippen LogP contribution in [-0.4, -0.2) is 36.2 Å². The van der Waals surface area contributed by atoms with Crippen LogP contribution in [0, 0.1) is 17.3 Å². The van der Waals surface area contributed by atoms with Crippen molar-refractivity contribution in [3.05, 3.63) is 116 Å². The molecule has 216 valence electrons. The number of Topliss-reactive ketones (excluding diaryl/α,β-unsaturated/α-hetero) is 1. The highest BCUT2D eigenvalue weighted by atomic mass is 35.5. The summed E-state index contributed by atoms with van der Waals surface area (Å²) in [6.45, 7) is 5.29. The number of rotatable bonds is 7. The van der Waals surface area contributed by atoms with Gasteiger partial charge in [0, 0.05) is 50.6 Å². The number of thioether (sulfide) groups is 1. The first-order valence-corrected chi connectivity index (χ1v) is 15.4. The van der Waals surface area contributed by atoms with Crippen LogP contribution in [0.25, 0.3) is 11.3 Å². The van der Waals surface area contributed by atoms with E-state index < -0.39 is 11.0 Å². The van der Waals surface area contributed by atoms with E-state index in [-0.39, 0.29) is 18.2 Å². The fourth-order valence-electron chi connectivity index (χ4n) is 4.00. The van der Waals surface area contributed by atoms with Gasteiger partial charge in [-0.2, -0.15) is 20.0 Å². The molecule has 11 heteroatoms. The van der Waals surface area contributed by atoms with Gasteiger partial charge in [0.15, 0.2) is 5.78 Å². The zero-order valence-corrected chi connectivity index (χ0v) is 26.0. The third kappa shape index (κ3) is 7.38.